The van der Waals surface area contributed by atoms with Crippen LogP contribution in [0.2, 0.25) is 0 Å². The third-order valence-electron chi connectivity index (χ3n) is 5.68. The lowest BCUT2D eigenvalue weighted by atomic mass is 9.84. The summed E-state index contributed by atoms with van der Waals surface area (Å²) in [4.78, 5) is 24.3. The molecule has 0 saturated heterocycles. The fraction of sp³-hybridized carbons (Fsp3) is 0.286. The Labute approximate surface area is 180 Å². The Morgan fingerprint density at radius 1 is 0.667 bits per heavy atom. The molecule has 0 radical (unpaired) electrons. The first-order valence-corrected chi connectivity index (χ1v) is 11.0. The summed E-state index contributed by atoms with van der Waals surface area (Å²) in [6.07, 6.45) is 9.70. The van der Waals surface area contributed by atoms with E-state index >= 15 is 0 Å². The predicted octanol–water partition coefficient (Wildman–Crippen LogP) is 7.55. The summed E-state index contributed by atoms with van der Waals surface area (Å²) in [6.45, 7) is 2.22. The molecular weight excluding hydrogens is 368 g/mol. The van der Waals surface area contributed by atoms with Gasteiger partial charge in [-0.3, -0.25) is 9.59 Å². The number of hydrogen-bond donors (Lipinski definition) is 0. The fourth-order valence-corrected chi connectivity index (χ4v) is 4.10. The van der Waals surface area contributed by atoms with Crippen molar-refractivity contribution in [1.82, 2.24) is 0 Å². The summed E-state index contributed by atoms with van der Waals surface area (Å²) in [7, 11) is 0. The molecular formula is C28H30O2. The molecule has 0 aliphatic heterocycles. The number of rotatable bonds is 11. The standard InChI is InChI=1S/C28H30O2/c1-2-3-4-5-6-9-18-24-19-25(22-14-10-7-11-15-22)28(23-16-12-8-13-17-23)27(21-30)26(24)20-29/h7-8,10-17,19-21H,2-6,9,18H2,1H3. The largest absolute Gasteiger partial charge is 0.298 e. The number of aldehydes is 2. The van der Waals surface area contributed by atoms with Crippen LogP contribution in [-0.4, -0.2) is 12.6 Å². The molecule has 2 heteroatoms. The number of carbonyl (C=O) groups is 2. The van der Waals surface area contributed by atoms with Crippen molar-refractivity contribution in [2.24, 2.45) is 0 Å². The van der Waals surface area contributed by atoms with E-state index in [9.17, 15) is 9.59 Å². The molecule has 0 fully saturated rings. The van der Waals surface area contributed by atoms with E-state index < -0.39 is 0 Å². The molecule has 0 bridgehead atoms. The van der Waals surface area contributed by atoms with Crippen molar-refractivity contribution in [3.63, 3.8) is 0 Å². The molecule has 0 spiro atoms. The van der Waals surface area contributed by atoms with Crippen molar-refractivity contribution in [2.75, 3.05) is 0 Å². The van der Waals surface area contributed by atoms with Crippen LogP contribution in [0.1, 0.15) is 71.7 Å². The van der Waals surface area contributed by atoms with E-state index in [0.29, 0.717) is 11.1 Å². The van der Waals surface area contributed by atoms with Gasteiger partial charge in [0.1, 0.15) is 0 Å². The number of carbonyl (C=O) groups excluding carboxylic acids is 2. The minimum absolute atomic E-state index is 0.499. The SMILES string of the molecule is CCCCCCCCc1cc(-c2ccccc2)c(-c2ccccc2)c(C=O)c1C=O. The van der Waals surface area contributed by atoms with Crippen LogP contribution in [0.3, 0.4) is 0 Å². The van der Waals surface area contributed by atoms with E-state index in [-0.39, 0.29) is 0 Å². The Morgan fingerprint density at radius 2 is 1.23 bits per heavy atom. The van der Waals surface area contributed by atoms with Crippen molar-refractivity contribution in [3.8, 4) is 22.3 Å². The molecule has 0 aliphatic rings. The maximum Gasteiger partial charge on any atom is 0.151 e. The monoisotopic (exact) mass is 398 g/mol. The molecule has 30 heavy (non-hydrogen) atoms. The minimum Gasteiger partial charge on any atom is -0.298 e. The maximum absolute atomic E-state index is 12.2. The third kappa shape index (κ3) is 5.13. The molecule has 0 saturated carbocycles. The van der Waals surface area contributed by atoms with Crippen molar-refractivity contribution in [3.05, 3.63) is 83.4 Å². The van der Waals surface area contributed by atoms with Gasteiger partial charge >= 0.3 is 0 Å². The van der Waals surface area contributed by atoms with E-state index in [2.05, 4.69) is 25.1 Å². The summed E-state index contributed by atoms with van der Waals surface area (Å²) < 4.78 is 0. The van der Waals surface area contributed by atoms with Crippen molar-refractivity contribution in [1.29, 1.82) is 0 Å². The molecule has 3 aromatic rings. The van der Waals surface area contributed by atoms with Gasteiger partial charge in [0.15, 0.2) is 12.6 Å². The molecule has 154 valence electrons. The molecule has 0 amide bonds. The Bertz CT molecular complexity index is 959. The molecule has 2 nitrogen and oxygen atoms in total. The van der Waals surface area contributed by atoms with Crippen LogP contribution < -0.4 is 0 Å². The van der Waals surface area contributed by atoms with E-state index in [0.717, 1.165) is 59.7 Å². The number of unbranched alkanes of at least 4 members (excludes halogenated alkanes) is 5. The molecule has 0 N–H and O–H groups in total. The van der Waals surface area contributed by atoms with Crippen LogP contribution in [0.4, 0.5) is 0 Å². The van der Waals surface area contributed by atoms with E-state index in [4.69, 9.17) is 0 Å². The third-order valence-corrected chi connectivity index (χ3v) is 5.68. The van der Waals surface area contributed by atoms with Gasteiger partial charge in [0.25, 0.3) is 0 Å². The van der Waals surface area contributed by atoms with Crippen molar-refractivity contribution < 1.29 is 9.59 Å². The van der Waals surface area contributed by atoms with Gasteiger partial charge in [-0.2, -0.15) is 0 Å². The summed E-state index contributed by atoms with van der Waals surface area (Å²) in [6, 6.07) is 22.1. The lowest BCUT2D eigenvalue weighted by Gasteiger charge is -2.18. The Kier molecular flexibility index (Phi) is 8.14. The summed E-state index contributed by atoms with van der Waals surface area (Å²) in [5.74, 6) is 0. The normalized spacial score (nSPS) is 10.7. The highest BCUT2D eigenvalue weighted by atomic mass is 16.1. The average Bonchev–Trinajstić information content (AvgIpc) is 2.81. The number of hydrogen-bond acceptors (Lipinski definition) is 2. The first-order chi connectivity index (χ1) is 14.8. The Morgan fingerprint density at radius 3 is 1.83 bits per heavy atom. The smallest absolute Gasteiger partial charge is 0.151 e. The molecule has 0 atom stereocenters. The second-order valence-electron chi connectivity index (χ2n) is 7.77. The topological polar surface area (TPSA) is 34.1 Å². The highest BCUT2D eigenvalue weighted by Gasteiger charge is 2.19. The molecule has 3 aromatic carbocycles. The second-order valence-corrected chi connectivity index (χ2v) is 7.77. The van der Waals surface area contributed by atoms with Crippen molar-refractivity contribution in [2.45, 2.75) is 51.9 Å². The lowest BCUT2D eigenvalue weighted by Crippen LogP contribution is -2.04. The zero-order chi connectivity index (χ0) is 21.2. The molecule has 3 rings (SSSR count). The van der Waals surface area contributed by atoms with Gasteiger partial charge in [-0.1, -0.05) is 99.7 Å². The van der Waals surface area contributed by atoms with Gasteiger partial charge < -0.3 is 0 Å². The first-order valence-electron chi connectivity index (χ1n) is 11.0. The summed E-state index contributed by atoms with van der Waals surface area (Å²) in [5, 5.41) is 0. The van der Waals surface area contributed by atoms with Gasteiger partial charge in [-0.15, -0.1) is 0 Å². The van der Waals surface area contributed by atoms with Crippen LogP contribution in [0, 0.1) is 0 Å². The van der Waals surface area contributed by atoms with Crippen LogP contribution >= 0.6 is 0 Å². The molecule has 0 unspecified atom stereocenters. The van der Waals surface area contributed by atoms with Crippen LogP contribution in [0.15, 0.2) is 66.7 Å². The maximum atomic E-state index is 12.2. The van der Waals surface area contributed by atoms with Crippen LogP contribution in [0.25, 0.3) is 22.3 Å². The molecule has 0 aliphatic carbocycles. The van der Waals surface area contributed by atoms with Crippen molar-refractivity contribution >= 4 is 12.6 Å². The Hall–Kier alpha value is -3.00. The van der Waals surface area contributed by atoms with Gasteiger partial charge in [-0.25, -0.2) is 0 Å². The van der Waals surface area contributed by atoms with Gasteiger partial charge in [0.05, 0.1) is 0 Å². The summed E-state index contributed by atoms with van der Waals surface area (Å²) in [5.41, 5.74) is 5.87. The van der Waals surface area contributed by atoms with Gasteiger partial charge in [-0.05, 0) is 41.2 Å². The quantitative estimate of drug-likeness (QED) is 0.247. The first kappa shape index (κ1) is 21.7. The van der Waals surface area contributed by atoms with Crippen LogP contribution in [0.5, 0.6) is 0 Å². The lowest BCUT2D eigenvalue weighted by molar-refractivity contribution is 0.109. The zero-order valence-corrected chi connectivity index (χ0v) is 17.8. The fourth-order valence-electron chi connectivity index (χ4n) is 4.10. The van der Waals surface area contributed by atoms with Crippen LogP contribution in [-0.2, 0) is 6.42 Å². The zero-order valence-electron chi connectivity index (χ0n) is 17.8. The predicted molar refractivity (Wildman–Crippen MR) is 125 cm³/mol. The van der Waals surface area contributed by atoms with Gasteiger partial charge in [0.2, 0.25) is 0 Å². The number of benzene rings is 3. The second kappa shape index (κ2) is 11.3. The minimum atomic E-state index is 0.499. The van der Waals surface area contributed by atoms with E-state index in [1.54, 1.807) is 0 Å². The average molecular weight is 399 g/mol. The van der Waals surface area contributed by atoms with E-state index in [1.807, 2.05) is 48.5 Å². The molecule has 0 aromatic heterocycles. The highest BCUT2D eigenvalue weighted by molar-refractivity contribution is 6.03. The highest BCUT2D eigenvalue weighted by Crippen LogP contribution is 2.38. The Balaban J connectivity index is 2.06. The van der Waals surface area contributed by atoms with Gasteiger partial charge in [0, 0.05) is 16.7 Å². The molecule has 0 heterocycles. The van der Waals surface area contributed by atoms with E-state index in [1.165, 1.54) is 25.7 Å². The number of aryl methyl sites for hydroxylation is 1. The summed E-state index contributed by atoms with van der Waals surface area (Å²) >= 11 is 0.